The predicted octanol–water partition coefficient (Wildman–Crippen LogP) is 2.54. The Morgan fingerprint density at radius 1 is 1.15 bits per heavy atom. The molecule has 2 aromatic carbocycles. The summed E-state index contributed by atoms with van der Waals surface area (Å²) in [7, 11) is 3.20. The molecule has 0 bridgehead atoms. The standard InChI is InChI=1S/C20H19N3O3/c1-22-19(24)16-8-4-3-7-15(16)18(21-22)20(25)23-11-5-6-13-12-14(26-2)9-10-17(13)23/h3-4,7-10,12H,5-6,11H2,1-2H3. The van der Waals surface area contributed by atoms with Crippen LogP contribution in [-0.4, -0.2) is 29.3 Å². The quantitative estimate of drug-likeness (QED) is 0.713. The first-order chi connectivity index (χ1) is 12.6. The first-order valence-corrected chi connectivity index (χ1v) is 8.55. The van der Waals surface area contributed by atoms with E-state index in [1.54, 1.807) is 37.3 Å². The van der Waals surface area contributed by atoms with Gasteiger partial charge in [0.15, 0.2) is 5.69 Å². The van der Waals surface area contributed by atoms with Gasteiger partial charge in [0.05, 0.1) is 12.5 Å². The van der Waals surface area contributed by atoms with Gasteiger partial charge < -0.3 is 9.64 Å². The highest BCUT2D eigenvalue weighted by Crippen LogP contribution is 2.32. The Morgan fingerprint density at radius 2 is 1.92 bits per heavy atom. The number of hydrogen-bond donors (Lipinski definition) is 0. The Hall–Kier alpha value is -3.15. The Morgan fingerprint density at radius 3 is 2.69 bits per heavy atom. The fourth-order valence-corrected chi connectivity index (χ4v) is 3.50. The van der Waals surface area contributed by atoms with Crippen molar-refractivity contribution < 1.29 is 9.53 Å². The molecule has 1 aliphatic heterocycles. The highest BCUT2D eigenvalue weighted by Gasteiger charge is 2.27. The number of amides is 1. The van der Waals surface area contributed by atoms with Crippen LogP contribution in [0.5, 0.6) is 5.75 Å². The van der Waals surface area contributed by atoms with Crippen molar-refractivity contribution in [2.75, 3.05) is 18.6 Å². The minimum Gasteiger partial charge on any atom is -0.497 e. The highest BCUT2D eigenvalue weighted by atomic mass is 16.5. The molecule has 1 aromatic heterocycles. The fourth-order valence-electron chi connectivity index (χ4n) is 3.50. The summed E-state index contributed by atoms with van der Waals surface area (Å²) in [6.07, 6.45) is 1.77. The molecule has 6 heteroatoms. The van der Waals surface area contributed by atoms with Gasteiger partial charge in [0, 0.05) is 24.7 Å². The third-order valence-electron chi connectivity index (χ3n) is 4.81. The monoisotopic (exact) mass is 349 g/mol. The molecule has 0 N–H and O–H groups in total. The van der Waals surface area contributed by atoms with Gasteiger partial charge in [-0.25, -0.2) is 4.68 Å². The third-order valence-corrected chi connectivity index (χ3v) is 4.81. The molecule has 0 saturated heterocycles. The number of carbonyl (C=O) groups is 1. The van der Waals surface area contributed by atoms with Gasteiger partial charge in [0.25, 0.3) is 11.5 Å². The molecule has 4 rings (SSSR count). The molecule has 0 spiro atoms. The van der Waals surface area contributed by atoms with Crippen molar-refractivity contribution in [2.45, 2.75) is 12.8 Å². The minimum absolute atomic E-state index is 0.192. The Labute approximate surface area is 150 Å². The largest absolute Gasteiger partial charge is 0.497 e. The van der Waals surface area contributed by atoms with E-state index in [1.165, 1.54) is 4.68 Å². The van der Waals surface area contributed by atoms with E-state index in [1.807, 2.05) is 24.3 Å². The predicted molar refractivity (Wildman–Crippen MR) is 100.0 cm³/mol. The van der Waals surface area contributed by atoms with Gasteiger partial charge >= 0.3 is 0 Å². The van der Waals surface area contributed by atoms with Crippen LogP contribution in [0.3, 0.4) is 0 Å². The number of aromatic nitrogens is 2. The van der Waals surface area contributed by atoms with Gasteiger partial charge in [0.2, 0.25) is 0 Å². The molecule has 3 aromatic rings. The Balaban J connectivity index is 1.85. The number of aryl methyl sites for hydroxylation is 2. The molecule has 2 heterocycles. The van der Waals surface area contributed by atoms with Crippen LogP contribution in [0, 0.1) is 0 Å². The van der Waals surface area contributed by atoms with E-state index < -0.39 is 0 Å². The van der Waals surface area contributed by atoms with Crippen LogP contribution < -0.4 is 15.2 Å². The second-order valence-electron chi connectivity index (χ2n) is 6.38. The van der Waals surface area contributed by atoms with Crippen molar-refractivity contribution in [1.82, 2.24) is 9.78 Å². The van der Waals surface area contributed by atoms with Gasteiger partial charge in [-0.05, 0) is 42.7 Å². The lowest BCUT2D eigenvalue weighted by Crippen LogP contribution is -2.37. The lowest BCUT2D eigenvalue weighted by molar-refractivity contribution is 0.0980. The SMILES string of the molecule is COc1ccc2c(c1)CCCN2C(=O)c1nn(C)c(=O)c2ccccc12. The van der Waals surface area contributed by atoms with E-state index >= 15 is 0 Å². The second-order valence-corrected chi connectivity index (χ2v) is 6.38. The summed E-state index contributed by atoms with van der Waals surface area (Å²) in [6, 6.07) is 12.9. The maximum absolute atomic E-state index is 13.3. The summed E-state index contributed by atoms with van der Waals surface area (Å²) >= 11 is 0. The topological polar surface area (TPSA) is 64.4 Å². The smallest absolute Gasteiger partial charge is 0.279 e. The van der Waals surface area contributed by atoms with Crippen LogP contribution in [-0.2, 0) is 13.5 Å². The molecule has 0 radical (unpaired) electrons. The maximum Gasteiger partial charge on any atom is 0.279 e. The lowest BCUT2D eigenvalue weighted by atomic mass is 10.0. The zero-order valence-corrected chi connectivity index (χ0v) is 14.7. The lowest BCUT2D eigenvalue weighted by Gasteiger charge is -2.29. The van der Waals surface area contributed by atoms with E-state index in [-0.39, 0.29) is 11.5 Å². The first-order valence-electron chi connectivity index (χ1n) is 8.55. The zero-order chi connectivity index (χ0) is 18.3. The third kappa shape index (κ3) is 2.54. The molecular weight excluding hydrogens is 330 g/mol. The van der Waals surface area contributed by atoms with Gasteiger partial charge in [-0.15, -0.1) is 0 Å². The number of fused-ring (bicyclic) bond motifs is 2. The summed E-state index contributed by atoms with van der Waals surface area (Å²) in [4.78, 5) is 27.4. The van der Waals surface area contributed by atoms with Crippen LogP contribution in [0.4, 0.5) is 5.69 Å². The molecule has 1 amide bonds. The summed E-state index contributed by atoms with van der Waals surface area (Å²) in [6.45, 7) is 0.622. The number of ether oxygens (including phenoxy) is 1. The number of benzene rings is 2. The average molecular weight is 349 g/mol. The Bertz CT molecular complexity index is 1070. The van der Waals surface area contributed by atoms with Gasteiger partial charge in [-0.3, -0.25) is 9.59 Å². The van der Waals surface area contributed by atoms with E-state index in [9.17, 15) is 9.59 Å². The van der Waals surface area contributed by atoms with Crippen molar-refractivity contribution in [3.05, 3.63) is 64.1 Å². The molecule has 6 nitrogen and oxygen atoms in total. The molecule has 0 atom stereocenters. The number of hydrogen-bond acceptors (Lipinski definition) is 4. The van der Waals surface area contributed by atoms with Crippen molar-refractivity contribution in [2.24, 2.45) is 7.05 Å². The van der Waals surface area contributed by atoms with Crippen molar-refractivity contribution in [1.29, 1.82) is 0 Å². The molecule has 0 saturated carbocycles. The van der Waals surface area contributed by atoms with Crippen LogP contribution in [0.15, 0.2) is 47.3 Å². The normalized spacial score (nSPS) is 13.5. The summed E-state index contributed by atoms with van der Waals surface area (Å²) in [5.74, 6) is 0.589. The van der Waals surface area contributed by atoms with Crippen LogP contribution >= 0.6 is 0 Å². The van der Waals surface area contributed by atoms with Crippen molar-refractivity contribution in [3.63, 3.8) is 0 Å². The van der Waals surface area contributed by atoms with Gasteiger partial charge in [0.1, 0.15) is 5.75 Å². The number of nitrogens with zero attached hydrogens (tertiary/aromatic N) is 3. The van der Waals surface area contributed by atoms with Crippen LogP contribution in [0.2, 0.25) is 0 Å². The second kappa shape index (κ2) is 6.29. The number of methoxy groups -OCH3 is 1. The summed E-state index contributed by atoms with van der Waals surface area (Å²) in [5, 5.41) is 5.36. The summed E-state index contributed by atoms with van der Waals surface area (Å²) < 4.78 is 6.52. The number of rotatable bonds is 2. The van der Waals surface area contributed by atoms with Crippen LogP contribution in [0.25, 0.3) is 10.8 Å². The van der Waals surface area contributed by atoms with E-state index in [0.717, 1.165) is 29.8 Å². The maximum atomic E-state index is 13.3. The molecule has 0 aliphatic carbocycles. The van der Waals surface area contributed by atoms with E-state index in [0.29, 0.717) is 23.0 Å². The number of carbonyl (C=O) groups excluding carboxylic acids is 1. The molecule has 0 fully saturated rings. The molecular formula is C20H19N3O3. The first kappa shape index (κ1) is 16.3. The summed E-state index contributed by atoms with van der Waals surface area (Å²) in [5.41, 5.74) is 2.05. The minimum atomic E-state index is -0.207. The van der Waals surface area contributed by atoms with Gasteiger partial charge in [-0.2, -0.15) is 5.10 Å². The van der Waals surface area contributed by atoms with E-state index in [2.05, 4.69) is 5.10 Å². The highest BCUT2D eigenvalue weighted by molar-refractivity contribution is 6.12. The zero-order valence-electron chi connectivity index (χ0n) is 14.7. The average Bonchev–Trinajstić information content (AvgIpc) is 2.69. The molecule has 26 heavy (non-hydrogen) atoms. The molecule has 0 unspecified atom stereocenters. The fraction of sp³-hybridized carbons (Fsp3) is 0.250. The van der Waals surface area contributed by atoms with Crippen molar-refractivity contribution in [3.8, 4) is 5.75 Å². The Kier molecular flexibility index (Phi) is 3.95. The van der Waals surface area contributed by atoms with Crippen LogP contribution in [0.1, 0.15) is 22.5 Å². The van der Waals surface area contributed by atoms with Gasteiger partial charge in [-0.1, -0.05) is 18.2 Å². The number of anilines is 1. The van der Waals surface area contributed by atoms with Crippen molar-refractivity contribution >= 4 is 22.4 Å². The molecule has 132 valence electrons. The van der Waals surface area contributed by atoms with E-state index in [4.69, 9.17) is 4.74 Å². The molecule has 1 aliphatic rings.